The average Bonchev–Trinajstić information content (AvgIpc) is 2.92. The van der Waals surface area contributed by atoms with E-state index < -0.39 is 0 Å². The van der Waals surface area contributed by atoms with Crippen molar-refractivity contribution in [3.63, 3.8) is 0 Å². The monoisotopic (exact) mass is 540 g/mol. The van der Waals surface area contributed by atoms with Crippen molar-refractivity contribution in [2.45, 2.75) is 52.1 Å². The van der Waals surface area contributed by atoms with E-state index in [1.165, 1.54) is 11.1 Å². The van der Waals surface area contributed by atoms with Crippen LogP contribution in [0.3, 0.4) is 0 Å². The number of rotatable bonds is 3. The molecule has 1 heterocycles. The van der Waals surface area contributed by atoms with Crippen molar-refractivity contribution in [3.05, 3.63) is 71.8 Å². The summed E-state index contributed by atoms with van der Waals surface area (Å²) in [7, 11) is 0. The number of nitrogens with one attached hydrogen (secondary N) is 1. The third-order valence-electron chi connectivity index (χ3n) is 7.37. The van der Waals surface area contributed by atoms with Gasteiger partial charge >= 0.3 is 0 Å². The van der Waals surface area contributed by atoms with Gasteiger partial charge in [0.15, 0.2) is 0 Å². The first-order valence-electron chi connectivity index (χ1n) is 14.4. The molecule has 2 aromatic carbocycles. The van der Waals surface area contributed by atoms with E-state index in [-0.39, 0.29) is 16.9 Å². The van der Waals surface area contributed by atoms with Crippen molar-refractivity contribution >= 4 is 5.91 Å². The van der Waals surface area contributed by atoms with Crippen molar-refractivity contribution < 1.29 is 23.7 Å². The van der Waals surface area contributed by atoms with Crippen LogP contribution in [-0.4, -0.2) is 76.8 Å². The van der Waals surface area contributed by atoms with Crippen LogP contribution in [0.1, 0.15) is 51.2 Å². The van der Waals surface area contributed by atoms with E-state index in [1.54, 1.807) is 0 Å². The predicted octanol–water partition coefficient (Wildman–Crippen LogP) is 4.80. The second-order valence-corrected chi connectivity index (χ2v) is 11.0. The summed E-state index contributed by atoms with van der Waals surface area (Å²) in [6, 6.07) is 21.6. The number of nitrogens with zero attached hydrogens (tertiary/aromatic N) is 1. The lowest BCUT2D eigenvalue weighted by Gasteiger charge is -2.53. The standard InChI is InChI=1S/C32H48N2O5/c1-31(2,3)32(29-13-8-5-9-14-29)16-10-19-36-23-25-38-21-17-33-30(35)15-20-37-24-26-39-22-18-34(32)27-28-11-6-4-7-12-28/h4-9,11-14H,10,15-27H2,1-3H3,(H,33,35). The summed E-state index contributed by atoms with van der Waals surface area (Å²) in [5.41, 5.74) is 2.29. The van der Waals surface area contributed by atoms with Crippen molar-refractivity contribution in [1.29, 1.82) is 0 Å². The first kappa shape index (κ1) is 31.2. The molecule has 1 saturated heterocycles. The highest BCUT2D eigenvalue weighted by molar-refractivity contribution is 5.75. The smallest absolute Gasteiger partial charge is 0.222 e. The molecule has 1 aliphatic rings. The summed E-state index contributed by atoms with van der Waals surface area (Å²) in [5, 5.41) is 2.86. The van der Waals surface area contributed by atoms with Crippen molar-refractivity contribution in [2.75, 3.05) is 65.9 Å². The van der Waals surface area contributed by atoms with Gasteiger partial charge in [-0.1, -0.05) is 81.4 Å². The van der Waals surface area contributed by atoms with E-state index in [9.17, 15) is 4.79 Å². The maximum absolute atomic E-state index is 11.9. The molecule has 7 nitrogen and oxygen atoms in total. The SMILES string of the molecule is CC(C)(C)C1(c2ccccc2)CCCOCCOCCNC(=O)CCOCCOCCN1Cc1ccccc1. The van der Waals surface area contributed by atoms with E-state index >= 15 is 0 Å². The van der Waals surface area contributed by atoms with Crippen LogP contribution in [0.2, 0.25) is 0 Å². The quantitative estimate of drug-likeness (QED) is 0.604. The van der Waals surface area contributed by atoms with Crippen LogP contribution >= 0.6 is 0 Å². The molecular formula is C32H48N2O5. The van der Waals surface area contributed by atoms with Gasteiger partial charge < -0.3 is 24.3 Å². The minimum Gasteiger partial charge on any atom is -0.379 e. The van der Waals surface area contributed by atoms with Crippen LogP contribution in [0, 0.1) is 5.41 Å². The first-order chi connectivity index (χ1) is 18.9. The number of benzene rings is 2. The fraction of sp³-hybridized carbons (Fsp3) is 0.594. The molecular weight excluding hydrogens is 492 g/mol. The van der Waals surface area contributed by atoms with Crippen LogP contribution in [0.5, 0.6) is 0 Å². The molecule has 0 aliphatic carbocycles. The molecule has 1 N–H and O–H groups in total. The Morgan fingerprint density at radius 1 is 0.769 bits per heavy atom. The molecule has 0 radical (unpaired) electrons. The second kappa shape index (κ2) is 16.7. The molecule has 0 aromatic heterocycles. The summed E-state index contributed by atoms with van der Waals surface area (Å²) in [6.07, 6.45) is 2.20. The highest BCUT2D eigenvalue weighted by Gasteiger charge is 2.47. The van der Waals surface area contributed by atoms with E-state index in [4.69, 9.17) is 18.9 Å². The van der Waals surface area contributed by atoms with Crippen LogP contribution in [-0.2, 0) is 35.8 Å². The fourth-order valence-corrected chi connectivity index (χ4v) is 5.45. The van der Waals surface area contributed by atoms with Crippen molar-refractivity contribution in [3.8, 4) is 0 Å². The van der Waals surface area contributed by atoms with Gasteiger partial charge in [0.1, 0.15) is 0 Å². The number of hydrogen-bond donors (Lipinski definition) is 1. The highest BCUT2D eigenvalue weighted by Crippen LogP contribution is 2.48. The molecule has 216 valence electrons. The Kier molecular flexibility index (Phi) is 13.4. The van der Waals surface area contributed by atoms with Crippen molar-refractivity contribution in [2.24, 2.45) is 5.41 Å². The Balaban J connectivity index is 1.84. The minimum absolute atomic E-state index is 0.0300. The third kappa shape index (κ3) is 10.00. The molecule has 0 saturated carbocycles. The lowest BCUT2D eigenvalue weighted by molar-refractivity contribution is -0.122. The second-order valence-electron chi connectivity index (χ2n) is 11.0. The number of carbonyl (C=O) groups is 1. The molecule has 39 heavy (non-hydrogen) atoms. The summed E-state index contributed by atoms with van der Waals surface area (Å²) in [6.45, 7) is 13.2. The third-order valence-corrected chi connectivity index (χ3v) is 7.37. The number of hydrogen-bond acceptors (Lipinski definition) is 6. The maximum Gasteiger partial charge on any atom is 0.222 e. The van der Waals surface area contributed by atoms with Gasteiger partial charge in [-0.3, -0.25) is 9.69 Å². The molecule has 0 bridgehead atoms. The van der Waals surface area contributed by atoms with Gasteiger partial charge in [0.2, 0.25) is 5.91 Å². The van der Waals surface area contributed by atoms with Gasteiger partial charge in [-0.05, 0) is 29.4 Å². The molecule has 1 atom stereocenters. The normalized spacial score (nSPS) is 22.9. The summed E-state index contributed by atoms with van der Waals surface area (Å²) < 4.78 is 23.3. The maximum atomic E-state index is 11.9. The van der Waals surface area contributed by atoms with Crippen LogP contribution < -0.4 is 5.32 Å². The highest BCUT2D eigenvalue weighted by atomic mass is 16.5. The van der Waals surface area contributed by atoms with Crippen LogP contribution in [0.15, 0.2) is 60.7 Å². The van der Waals surface area contributed by atoms with E-state index in [0.717, 1.165) is 25.9 Å². The summed E-state index contributed by atoms with van der Waals surface area (Å²) in [5.74, 6) is -0.0300. The lowest BCUT2D eigenvalue weighted by Crippen LogP contribution is -2.55. The zero-order chi connectivity index (χ0) is 27.8. The molecule has 2 aromatic rings. The van der Waals surface area contributed by atoms with Gasteiger partial charge in [0.05, 0.1) is 51.8 Å². The Morgan fingerprint density at radius 2 is 1.36 bits per heavy atom. The van der Waals surface area contributed by atoms with Gasteiger partial charge in [0.25, 0.3) is 0 Å². The van der Waals surface area contributed by atoms with Crippen LogP contribution in [0.25, 0.3) is 0 Å². The van der Waals surface area contributed by atoms with E-state index in [2.05, 4.69) is 91.7 Å². The molecule has 1 fully saturated rings. The molecule has 1 amide bonds. The number of ether oxygens (including phenoxy) is 4. The Labute approximate surface area is 235 Å². The Hall–Kier alpha value is -2.29. The largest absolute Gasteiger partial charge is 0.379 e. The van der Waals surface area contributed by atoms with Crippen molar-refractivity contribution in [1.82, 2.24) is 10.2 Å². The molecule has 0 spiro atoms. The molecule has 3 rings (SSSR count). The molecule has 1 aliphatic heterocycles. The van der Waals surface area contributed by atoms with Gasteiger partial charge in [-0.15, -0.1) is 0 Å². The van der Waals surface area contributed by atoms with Gasteiger partial charge in [-0.2, -0.15) is 0 Å². The van der Waals surface area contributed by atoms with E-state index in [0.29, 0.717) is 65.8 Å². The van der Waals surface area contributed by atoms with Gasteiger partial charge in [0, 0.05) is 32.7 Å². The lowest BCUT2D eigenvalue weighted by atomic mass is 9.65. The number of carbonyl (C=O) groups excluding carboxylic acids is 1. The zero-order valence-corrected chi connectivity index (χ0v) is 24.2. The topological polar surface area (TPSA) is 69.3 Å². The fourth-order valence-electron chi connectivity index (χ4n) is 5.45. The molecule has 7 heteroatoms. The molecule has 1 unspecified atom stereocenters. The Morgan fingerprint density at radius 3 is 2.03 bits per heavy atom. The van der Waals surface area contributed by atoms with E-state index in [1.807, 2.05) is 0 Å². The van der Waals surface area contributed by atoms with Crippen LogP contribution in [0.4, 0.5) is 0 Å². The predicted molar refractivity (Wildman–Crippen MR) is 155 cm³/mol. The zero-order valence-electron chi connectivity index (χ0n) is 24.2. The number of amides is 1. The minimum atomic E-state index is -0.241. The summed E-state index contributed by atoms with van der Waals surface area (Å²) in [4.78, 5) is 14.5. The Bertz CT molecular complexity index is 935. The first-order valence-corrected chi connectivity index (χ1v) is 14.4. The summed E-state index contributed by atoms with van der Waals surface area (Å²) >= 11 is 0. The van der Waals surface area contributed by atoms with Gasteiger partial charge in [-0.25, -0.2) is 0 Å². The average molecular weight is 541 g/mol.